The summed E-state index contributed by atoms with van der Waals surface area (Å²) >= 11 is 0. The predicted molar refractivity (Wildman–Crippen MR) is 82.4 cm³/mol. The molecule has 0 aliphatic rings. The molecule has 0 saturated heterocycles. The second kappa shape index (κ2) is 7.76. The van der Waals surface area contributed by atoms with Gasteiger partial charge in [0.1, 0.15) is 5.75 Å². The van der Waals surface area contributed by atoms with Gasteiger partial charge in [0.05, 0.1) is 11.4 Å². The van der Waals surface area contributed by atoms with Crippen LogP contribution in [0.1, 0.15) is 25.3 Å². The van der Waals surface area contributed by atoms with Gasteiger partial charge in [-0.05, 0) is 54.8 Å². The van der Waals surface area contributed by atoms with Gasteiger partial charge in [-0.1, -0.05) is 25.5 Å². The molecule has 0 radical (unpaired) electrons. The number of hydrogen-bond acceptors (Lipinski definition) is 3. The second-order valence-corrected chi connectivity index (χ2v) is 5.01. The number of alkyl halides is 3. The highest BCUT2D eigenvalue weighted by Crippen LogP contribution is 2.26. The molecule has 0 unspecified atom stereocenters. The quantitative estimate of drug-likeness (QED) is 0.571. The van der Waals surface area contributed by atoms with Gasteiger partial charge in [-0.2, -0.15) is 10.2 Å². The Hall–Kier alpha value is -2.37. The molecule has 0 heterocycles. The number of benzene rings is 2. The Morgan fingerprint density at radius 1 is 0.870 bits per heavy atom. The minimum Gasteiger partial charge on any atom is -0.406 e. The molecule has 2 aromatic carbocycles. The molecule has 0 aliphatic heterocycles. The van der Waals surface area contributed by atoms with E-state index in [-0.39, 0.29) is 5.75 Å². The molecular weight excluding hydrogens is 305 g/mol. The molecular formula is C17H17F3N2O. The fraction of sp³-hybridized carbons (Fsp3) is 0.294. The lowest BCUT2D eigenvalue weighted by molar-refractivity contribution is -0.274. The van der Waals surface area contributed by atoms with E-state index in [9.17, 15) is 13.2 Å². The fourth-order valence-electron chi connectivity index (χ4n) is 1.94. The van der Waals surface area contributed by atoms with Crippen molar-refractivity contribution < 1.29 is 17.9 Å². The molecule has 122 valence electrons. The summed E-state index contributed by atoms with van der Waals surface area (Å²) in [6.07, 6.45) is -1.36. The van der Waals surface area contributed by atoms with Crippen LogP contribution >= 0.6 is 0 Å². The van der Waals surface area contributed by atoms with Crippen molar-refractivity contribution in [2.24, 2.45) is 10.2 Å². The Morgan fingerprint density at radius 3 is 1.87 bits per heavy atom. The summed E-state index contributed by atoms with van der Waals surface area (Å²) in [5, 5.41) is 8.06. The fourth-order valence-corrected chi connectivity index (χ4v) is 1.94. The van der Waals surface area contributed by atoms with Crippen molar-refractivity contribution in [3.8, 4) is 5.75 Å². The lowest BCUT2D eigenvalue weighted by atomic mass is 10.1. The summed E-state index contributed by atoms with van der Waals surface area (Å²) in [5.41, 5.74) is 2.40. The SMILES string of the molecule is CCCCc1ccc(N=Nc2ccc(OC(F)(F)F)cc2)cc1. The summed E-state index contributed by atoms with van der Waals surface area (Å²) in [6, 6.07) is 13.0. The third-order valence-electron chi connectivity index (χ3n) is 3.11. The molecule has 0 saturated carbocycles. The van der Waals surface area contributed by atoms with Gasteiger partial charge < -0.3 is 4.74 Å². The molecule has 0 bridgehead atoms. The van der Waals surface area contributed by atoms with Gasteiger partial charge in [0.15, 0.2) is 0 Å². The minimum atomic E-state index is -4.69. The van der Waals surface area contributed by atoms with Crippen molar-refractivity contribution >= 4 is 11.4 Å². The molecule has 0 fully saturated rings. The van der Waals surface area contributed by atoms with Gasteiger partial charge in [-0.15, -0.1) is 13.2 Å². The van der Waals surface area contributed by atoms with E-state index in [0.29, 0.717) is 11.4 Å². The average Bonchev–Trinajstić information content (AvgIpc) is 2.52. The summed E-state index contributed by atoms with van der Waals surface area (Å²) in [4.78, 5) is 0. The highest BCUT2D eigenvalue weighted by Gasteiger charge is 2.30. The molecule has 6 heteroatoms. The van der Waals surface area contributed by atoms with Gasteiger partial charge in [0.25, 0.3) is 0 Å². The molecule has 2 rings (SSSR count). The number of rotatable bonds is 6. The zero-order chi connectivity index (χ0) is 16.7. The number of unbranched alkanes of at least 4 members (excludes halogenated alkanes) is 1. The van der Waals surface area contributed by atoms with E-state index < -0.39 is 6.36 Å². The van der Waals surface area contributed by atoms with E-state index in [0.717, 1.165) is 19.3 Å². The summed E-state index contributed by atoms with van der Waals surface area (Å²) in [6.45, 7) is 2.15. The van der Waals surface area contributed by atoms with Crippen LogP contribution in [0.15, 0.2) is 58.8 Å². The smallest absolute Gasteiger partial charge is 0.406 e. The van der Waals surface area contributed by atoms with Crippen LogP contribution in [0.25, 0.3) is 0 Å². The van der Waals surface area contributed by atoms with Gasteiger partial charge >= 0.3 is 6.36 Å². The topological polar surface area (TPSA) is 34.0 Å². The second-order valence-electron chi connectivity index (χ2n) is 5.01. The number of azo groups is 1. The minimum absolute atomic E-state index is 0.281. The normalized spacial score (nSPS) is 11.8. The predicted octanol–water partition coefficient (Wildman–Crippen LogP) is 6.34. The van der Waals surface area contributed by atoms with E-state index in [1.54, 1.807) is 0 Å². The Balaban J connectivity index is 1.97. The Morgan fingerprint density at radius 2 is 1.39 bits per heavy atom. The van der Waals surface area contributed by atoms with Crippen LogP contribution in [0, 0.1) is 0 Å². The molecule has 0 amide bonds. The van der Waals surface area contributed by atoms with Crippen LogP contribution in [-0.2, 0) is 6.42 Å². The molecule has 0 aromatic heterocycles. The number of aryl methyl sites for hydroxylation is 1. The van der Waals surface area contributed by atoms with Gasteiger partial charge in [-0.3, -0.25) is 0 Å². The summed E-state index contributed by atoms with van der Waals surface area (Å²) in [7, 11) is 0. The molecule has 0 aliphatic carbocycles. The monoisotopic (exact) mass is 322 g/mol. The third-order valence-corrected chi connectivity index (χ3v) is 3.11. The Bertz CT molecular complexity index is 634. The zero-order valence-corrected chi connectivity index (χ0v) is 12.7. The first-order chi connectivity index (χ1) is 11.0. The standard InChI is InChI=1S/C17H17F3N2O/c1-2-3-4-13-5-7-14(8-6-13)21-22-15-9-11-16(12-10-15)23-17(18,19)20/h5-12H,2-4H2,1H3. The number of nitrogens with zero attached hydrogens (tertiary/aromatic N) is 2. The molecule has 0 N–H and O–H groups in total. The van der Waals surface area contributed by atoms with Crippen LogP contribution in [0.2, 0.25) is 0 Å². The lowest BCUT2D eigenvalue weighted by Crippen LogP contribution is -2.16. The summed E-state index contributed by atoms with van der Waals surface area (Å²) < 4.78 is 40.0. The molecule has 3 nitrogen and oxygen atoms in total. The largest absolute Gasteiger partial charge is 0.573 e. The maximum Gasteiger partial charge on any atom is 0.573 e. The third kappa shape index (κ3) is 6.10. The van der Waals surface area contributed by atoms with E-state index in [2.05, 4.69) is 21.9 Å². The molecule has 2 aromatic rings. The van der Waals surface area contributed by atoms with Gasteiger partial charge in [0.2, 0.25) is 0 Å². The van der Waals surface area contributed by atoms with Crippen molar-refractivity contribution in [3.63, 3.8) is 0 Å². The van der Waals surface area contributed by atoms with Gasteiger partial charge in [0, 0.05) is 0 Å². The molecule has 0 spiro atoms. The summed E-state index contributed by atoms with van der Waals surface area (Å²) in [5.74, 6) is -0.281. The number of ether oxygens (including phenoxy) is 1. The van der Waals surface area contributed by atoms with Crippen LogP contribution < -0.4 is 4.74 Å². The Kier molecular flexibility index (Phi) is 5.73. The van der Waals surface area contributed by atoms with Crippen molar-refractivity contribution in [2.45, 2.75) is 32.5 Å². The first-order valence-electron chi connectivity index (χ1n) is 7.33. The van der Waals surface area contributed by atoms with Crippen molar-refractivity contribution in [1.29, 1.82) is 0 Å². The first-order valence-corrected chi connectivity index (χ1v) is 7.33. The maximum atomic E-state index is 12.1. The molecule has 0 atom stereocenters. The zero-order valence-electron chi connectivity index (χ0n) is 12.7. The molecule has 23 heavy (non-hydrogen) atoms. The highest BCUT2D eigenvalue weighted by molar-refractivity contribution is 5.43. The van der Waals surface area contributed by atoms with E-state index in [1.807, 2.05) is 24.3 Å². The lowest BCUT2D eigenvalue weighted by Gasteiger charge is -2.08. The average molecular weight is 322 g/mol. The number of halogens is 3. The van der Waals surface area contributed by atoms with Gasteiger partial charge in [-0.25, -0.2) is 0 Å². The number of hydrogen-bond donors (Lipinski definition) is 0. The van der Waals surface area contributed by atoms with Crippen molar-refractivity contribution in [1.82, 2.24) is 0 Å². The van der Waals surface area contributed by atoms with Crippen molar-refractivity contribution in [2.75, 3.05) is 0 Å². The van der Waals surface area contributed by atoms with Crippen LogP contribution in [0.5, 0.6) is 5.75 Å². The van der Waals surface area contributed by atoms with Crippen LogP contribution in [0.3, 0.4) is 0 Å². The highest BCUT2D eigenvalue weighted by atomic mass is 19.4. The van der Waals surface area contributed by atoms with E-state index >= 15 is 0 Å². The maximum absolute atomic E-state index is 12.1. The first kappa shape index (κ1) is 17.0. The van der Waals surface area contributed by atoms with Crippen LogP contribution in [-0.4, -0.2) is 6.36 Å². The van der Waals surface area contributed by atoms with Crippen molar-refractivity contribution in [3.05, 3.63) is 54.1 Å². The van der Waals surface area contributed by atoms with E-state index in [1.165, 1.54) is 29.8 Å². The Labute approximate surface area is 132 Å². The van der Waals surface area contributed by atoms with Crippen LogP contribution in [0.4, 0.5) is 24.5 Å². The van der Waals surface area contributed by atoms with E-state index in [4.69, 9.17) is 0 Å².